The molecule has 0 rings (SSSR count). The summed E-state index contributed by atoms with van der Waals surface area (Å²) in [5.41, 5.74) is 0. The maximum absolute atomic E-state index is 12.6. The Morgan fingerprint density at radius 2 is 0.662 bits per heavy atom. The average molecular weight is 957 g/mol. The largest absolute Gasteiger partial charge is 0.394 e. The monoisotopic (exact) mass is 956 g/mol. The third-order valence-electron chi connectivity index (χ3n) is 14.0. The Hall–Kier alpha value is -1.73. The second kappa shape index (κ2) is 56.2. The van der Waals surface area contributed by atoms with Crippen molar-refractivity contribution in [1.29, 1.82) is 0 Å². The summed E-state index contributed by atoms with van der Waals surface area (Å²) in [6, 6.07) is -1.02. The Balaban J connectivity index is 3.68. The molecule has 0 aliphatic heterocycles. The highest BCUT2D eigenvalue weighted by molar-refractivity contribution is 5.80. The first-order valence-electron chi connectivity index (χ1n) is 30.0. The van der Waals surface area contributed by atoms with Crippen molar-refractivity contribution >= 4 is 5.91 Å². The van der Waals surface area contributed by atoms with E-state index in [1.54, 1.807) is 0 Å². The summed E-state index contributed by atoms with van der Waals surface area (Å²) in [5, 5.41) is 44.0. The highest BCUT2D eigenvalue weighted by atomic mass is 16.3. The van der Waals surface area contributed by atoms with Crippen molar-refractivity contribution in [3.8, 4) is 0 Å². The maximum atomic E-state index is 12.6. The van der Waals surface area contributed by atoms with Gasteiger partial charge in [0.1, 0.15) is 12.2 Å². The van der Waals surface area contributed by atoms with Crippen LogP contribution < -0.4 is 5.32 Å². The molecule has 0 saturated carbocycles. The zero-order valence-corrected chi connectivity index (χ0v) is 45.4. The van der Waals surface area contributed by atoms with Gasteiger partial charge in [-0.1, -0.05) is 274 Å². The normalized spacial score (nSPS) is 14.0. The van der Waals surface area contributed by atoms with Crippen LogP contribution in [0.5, 0.6) is 0 Å². The van der Waals surface area contributed by atoms with Gasteiger partial charge in [-0.15, -0.1) is 0 Å². The minimum Gasteiger partial charge on any atom is -0.394 e. The molecule has 0 aliphatic rings. The van der Waals surface area contributed by atoms with E-state index in [0.717, 1.165) is 57.8 Å². The topological polar surface area (TPSA) is 110 Å². The van der Waals surface area contributed by atoms with Gasteiger partial charge in [0.25, 0.3) is 0 Å². The van der Waals surface area contributed by atoms with Crippen LogP contribution in [0, 0.1) is 0 Å². The van der Waals surface area contributed by atoms with E-state index in [2.05, 4.69) is 67.8 Å². The number of nitrogens with one attached hydrogen (secondary N) is 1. The van der Waals surface area contributed by atoms with Crippen LogP contribution in [-0.2, 0) is 4.79 Å². The summed E-state index contributed by atoms with van der Waals surface area (Å²) in [4.78, 5) is 12.6. The molecule has 4 unspecified atom stereocenters. The third-order valence-corrected chi connectivity index (χ3v) is 14.0. The predicted molar refractivity (Wildman–Crippen MR) is 297 cm³/mol. The Kier molecular flexibility index (Phi) is 54.8. The standard InChI is InChI=1S/C62H117NO5/c1-3-5-7-9-11-13-15-17-19-21-23-25-27-28-29-30-31-32-33-34-36-37-39-41-43-45-47-49-51-53-55-59(65)61(67)58(57-64)63-62(68)60(66)56-54-52-50-48-46-44-42-40-38-35-26-24-22-20-18-16-14-12-10-8-6-4-2/h24,26,38-41,47,49,58-61,64-67H,3-23,25,27-37,42-46,48,50-57H2,1-2H3,(H,63,68)/b26-24-,40-38-,41-39+,49-47+. The number of hydrogen-bond acceptors (Lipinski definition) is 5. The molecule has 5 N–H and O–H groups in total. The second-order valence-corrected chi connectivity index (χ2v) is 20.7. The number of carbonyl (C=O) groups excluding carboxylic acids is 1. The van der Waals surface area contributed by atoms with Crippen LogP contribution in [0.2, 0.25) is 0 Å². The van der Waals surface area contributed by atoms with Crippen molar-refractivity contribution in [3.63, 3.8) is 0 Å². The molecule has 1 amide bonds. The summed E-state index contributed by atoms with van der Waals surface area (Å²) in [6.45, 7) is 4.07. The fourth-order valence-electron chi connectivity index (χ4n) is 9.28. The summed E-state index contributed by atoms with van der Waals surface area (Å²) in [5.74, 6) is -0.603. The van der Waals surface area contributed by atoms with Gasteiger partial charge >= 0.3 is 0 Å². The van der Waals surface area contributed by atoms with E-state index in [0.29, 0.717) is 19.3 Å². The molecule has 0 aromatic rings. The van der Waals surface area contributed by atoms with Crippen molar-refractivity contribution < 1.29 is 25.2 Å². The SMILES string of the molecule is CCCCCCCCCCC/C=C\C/C=C\CCCCCCCCC(O)C(=O)NC(CO)C(O)C(O)CCC/C=C/CC/C=C/CCCCCCCCCCCCCCCCCCCCCCC. The number of amides is 1. The Bertz CT molecular complexity index is 1120. The van der Waals surface area contributed by atoms with Gasteiger partial charge in [0.2, 0.25) is 5.91 Å². The third kappa shape index (κ3) is 49.3. The van der Waals surface area contributed by atoms with E-state index in [1.165, 1.54) is 218 Å². The molecule has 68 heavy (non-hydrogen) atoms. The van der Waals surface area contributed by atoms with Gasteiger partial charge in [0.15, 0.2) is 0 Å². The number of unbranched alkanes of at least 4 members (excludes halogenated alkanes) is 38. The molecule has 0 radical (unpaired) electrons. The number of aliphatic hydroxyl groups is 4. The molecule has 0 aromatic heterocycles. The first kappa shape index (κ1) is 66.3. The van der Waals surface area contributed by atoms with Crippen LogP contribution in [0.25, 0.3) is 0 Å². The van der Waals surface area contributed by atoms with E-state index in [-0.39, 0.29) is 0 Å². The second-order valence-electron chi connectivity index (χ2n) is 20.7. The number of carbonyl (C=O) groups is 1. The molecule has 0 heterocycles. The number of rotatable bonds is 55. The maximum Gasteiger partial charge on any atom is 0.249 e. The molecule has 0 bridgehead atoms. The average Bonchev–Trinajstić information content (AvgIpc) is 3.34. The van der Waals surface area contributed by atoms with Gasteiger partial charge in [-0.05, 0) is 83.5 Å². The van der Waals surface area contributed by atoms with Crippen molar-refractivity contribution in [1.82, 2.24) is 5.32 Å². The van der Waals surface area contributed by atoms with Crippen molar-refractivity contribution in [2.45, 2.75) is 334 Å². The summed E-state index contributed by atoms with van der Waals surface area (Å²) < 4.78 is 0. The number of allylic oxidation sites excluding steroid dienone is 8. The zero-order valence-electron chi connectivity index (χ0n) is 45.4. The van der Waals surface area contributed by atoms with Gasteiger partial charge in [0, 0.05) is 0 Å². The van der Waals surface area contributed by atoms with Crippen molar-refractivity contribution in [3.05, 3.63) is 48.6 Å². The lowest BCUT2D eigenvalue weighted by Crippen LogP contribution is -2.53. The Labute approximate surface area is 423 Å². The van der Waals surface area contributed by atoms with E-state index in [1.807, 2.05) is 0 Å². The highest BCUT2D eigenvalue weighted by Gasteiger charge is 2.28. The molecule has 400 valence electrons. The van der Waals surface area contributed by atoms with E-state index < -0.39 is 36.9 Å². The van der Waals surface area contributed by atoms with Gasteiger partial charge in [-0.25, -0.2) is 0 Å². The molecule has 0 saturated heterocycles. The van der Waals surface area contributed by atoms with E-state index >= 15 is 0 Å². The Morgan fingerprint density at radius 1 is 0.368 bits per heavy atom. The summed E-state index contributed by atoms with van der Waals surface area (Å²) in [6.07, 6.45) is 72.0. The van der Waals surface area contributed by atoms with Gasteiger partial charge in [0.05, 0.1) is 18.8 Å². The smallest absolute Gasteiger partial charge is 0.249 e. The van der Waals surface area contributed by atoms with Gasteiger partial charge < -0.3 is 25.7 Å². The molecule has 0 spiro atoms. The molecular weight excluding hydrogens is 839 g/mol. The lowest BCUT2D eigenvalue weighted by Gasteiger charge is -2.27. The van der Waals surface area contributed by atoms with Crippen molar-refractivity contribution in [2.75, 3.05) is 6.61 Å². The van der Waals surface area contributed by atoms with Crippen LogP contribution in [-0.4, -0.2) is 57.3 Å². The minimum atomic E-state index is -1.30. The first-order valence-corrected chi connectivity index (χ1v) is 30.0. The van der Waals surface area contributed by atoms with Crippen LogP contribution in [0.4, 0.5) is 0 Å². The van der Waals surface area contributed by atoms with E-state index in [4.69, 9.17) is 0 Å². The van der Waals surface area contributed by atoms with Gasteiger partial charge in [-0.2, -0.15) is 0 Å². The molecule has 0 fully saturated rings. The van der Waals surface area contributed by atoms with Crippen LogP contribution in [0.1, 0.15) is 309 Å². The lowest BCUT2D eigenvalue weighted by molar-refractivity contribution is -0.132. The van der Waals surface area contributed by atoms with Crippen LogP contribution in [0.15, 0.2) is 48.6 Å². The molecule has 0 aromatic carbocycles. The number of hydrogen-bond donors (Lipinski definition) is 5. The number of aliphatic hydroxyl groups excluding tert-OH is 4. The zero-order chi connectivity index (χ0) is 49.5. The van der Waals surface area contributed by atoms with Crippen LogP contribution >= 0.6 is 0 Å². The molecule has 4 atom stereocenters. The molecule has 6 nitrogen and oxygen atoms in total. The fourth-order valence-corrected chi connectivity index (χ4v) is 9.28. The highest BCUT2D eigenvalue weighted by Crippen LogP contribution is 2.17. The van der Waals surface area contributed by atoms with Crippen molar-refractivity contribution in [2.24, 2.45) is 0 Å². The lowest BCUT2D eigenvalue weighted by atomic mass is 10.00. The fraction of sp³-hybridized carbons (Fsp3) is 0.855. The van der Waals surface area contributed by atoms with Gasteiger partial charge in [-0.3, -0.25) is 4.79 Å². The first-order chi connectivity index (χ1) is 33.5. The van der Waals surface area contributed by atoms with E-state index in [9.17, 15) is 25.2 Å². The molecular formula is C62H117NO5. The summed E-state index contributed by atoms with van der Waals surface area (Å²) in [7, 11) is 0. The minimum absolute atomic E-state index is 0.347. The Morgan fingerprint density at radius 3 is 1.01 bits per heavy atom. The predicted octanol–water partition coefficient (Wildman–Crippen LogP) is 17.8. The summed E-state index contributed by atoms with van der Waals surface area (Å²) >= 11 is 0. The van der Waals surface area contributed by atoms with Crippen LogP contribution in [0.3, 0.4) is 0 Å². The molecule has 0 aliphatic carbocycles. The quantitative estimate of drug-likeness (QED) is 0.0308. The molecule has 6 heteroatoms.